The molecule has 1 saturated heterocycles. The Morgan fingerprint density at radius 2 is 1.72 bits per heavy atom. The molecule has 0 spiro atoms. The molecule has 1 aliphatic carbocycles. The van der Waals surface area contributed by atoms with Gasteiger partial charge in [0.25, 0.3) is 0 Å². The van der Waals surface area contributed by atoms with Crippen LogP contribution in [0.5, 0.6) is 0 Å². The molecule has 7 nitrogen and oxygen atoms in total. The largest absolute Gasteiger partial charge is 0.343 e. The smallest absolute Gasteiger partial charge is 0.246 e. The number of likely N-dealkylation sites (N-methyl/N-ethyl adjacent to an activating group) is 1. The van der Waals surface area contributed by atoms with Gasteiger partial charge in [-0.3, -0.25) is 19.4 Å². The number of benzene rings is 1. The summed E-state index contributed by atoms with van der Waals surface area (Å²) in [5.41, 5.74) is 1.50. The molecule has 2 amide bonds. The summed E-state index contributed by atoms with van der Waals surface area (Å²) in [4.78, 5) is 46.0. The standard InChI is InChI=1S/C28H35FN4O3/c1-18(30-2)27(35)32-25(19-7-4-3-5-8-19)28(36)33-16-6-9-24(33)23-17-21(14-15-31-23)26(34)20-10-12-22(29)13-11-20/h10-15,17-19,24-25,30H,3-9,16H2,1-2H3,(H,32,35)/t18?,24-,25?/m0/s1. The number of carbonyl (C=O) groups is 3. The number of nitrogens with one attached hydrogen (secondary N) is 2. The summed E-state index contributed by atoms with van der Waals surface area (Å²) in [7, 11) is 1.73. The summed E-state index contributed by atoms with van der Waals surface area (Å²) in [5, 5.41) is 5.99. The van der Waals surface area contributed by atoms with Gasteiger partial charge >= 0.3 is 0 Å². The van der Waals surface area contributed by atoms with E-state index in [1.807, 2.05) is 4.90 Å². The zero-order valence-electron chi connectivity index (χ0n) is 21.0. The summed E-state index contributed by atoms with van der Waals surface area (Å²) < 4.78 is 13.3. The molecule has 2 fully saturated rings. The fourth-order valence-electron chi connectivity index (χ4n) is 5.31. The predicted octanol–water partition coefficient (Wildman–Crippen LogP) is 3.79. The number of amides is 2. The number of halogens is 1. The van der Waals surface area contributed by atoms with Crippen molar-refractivity contribution in [2.75, 3.05) is 13.6 Å². The molecular formula is C28H35FN4O3. The molecule has 3 atom stereocenters. The van der Waals surface area contributed by atoms with E-state index in [0.717, 1.165) is 44.9 Å². The van der Waals surface area contributed by atoms with Crippen LogP contribution < -0.4 is 10.6 Å². The number of hydrogen-bond acceptors (Lipinski definition) is 5. The SMILES string of the molecule is CNC(C)C(=O)NC(C(=O)N1CCC[C@H]1c1cc(C(=O)c2ccc(F)cc2)ccn1)C1CCCCC1. The van der Waals surface area contributed by atoms with Crippen molar-refractivity contribution in [1.82, 2.24) is 20.5 Å². The quantitative estimate of drug-likeness (QED) is 0.545. The van der Waals surface area contributed by atoms with Gasteiger partial charge in [0.2, 0.25) is 11.8 Å². The Hall–Kier alpha value is -3.13. The predicted molar refractivity (Wildman–Crippen MR) is 135 cm³/mol. The highest BCUT2D eigenvalue weighted by molar-refractivity contribution is 6.09. The van der Waals surface area contributed by atoms with E-state index in [4.69, 9.17) is 0 Å². The third-order valence-corrected chi connectivity index (χ3v) is 7.54. The van der Waals surface area contributed by atoms with Gasteiger partial charge in [-0.15, -0.1) is 0 Å². The van der Waals surface area contributed by atoms with Crippen LogP contribution >= 0.6 is 0 Å². The van der Waals surface area contributed by atoms with Crippen LogP contribution in [0.15, 0.2) is 42.6 Å². The van der Waals surface area contributed by atoms with E-state index in [1.54, 1.807) is 32.3 Å². The van der Waals surface area contributed by atoms with Crippen molar-refractivity contribution in [3.05, 3.63) is 65.2 Å². The Balaban J connectivity index is 1.56. The van der Waals surface area contributed by atoms with Crippen LogP contribution in [0.3, 0.4) is 0 Å². The fraction of sp³-hybridized carbons (Fsp3) is 0.500. The first kappa shape index (κ1) is 25.9. The molecule has 2 aliphatic rings. The Labute approximate surface area is 211 Å². The summed E-state index contributed by atoms with van der Waals surface area (Å²) in [6.45, 7) is 2.37. The van der Waals surface area contributed by atoms with Crippen molar-refractivity contribution in [2.24, 2.45) is 5.92 Å². The number of pyridine rings is 1. The lowest BCUT2D eigenvalue weighted by Gasteiger charge is -2.35. The summed E-state index contributed by atoms with van der Waals surface area (Å²) >= 11 is 0. The normalized spacial score (nSPS) is 20.1. The molecule has 2 heterocycles. The molecule has 1 saturated carbocycles. The van der Waals surface area contributed by atoms with E-state index in [9.17, 15) is 18.8 Å². The van der Waals surface area contributed by atoms with E-state index < -0.39 is 17.9 Å². The summed E-state index contributed by atoms with van der Waals surface area (Å²) in [5.74, 6) is -0.756. The molecule has 2 aromatic rings. The lowest BCUT2D eigenvalue weighted by Crippen LogP contribution is -2.55. The van der Waals surface area contributed by atoms with Crippen LogP contribution in [0.1, 0.15) is 79.5 Å². The molecule has 0 radical (unpaired) electrons. The van der Waals surface area contributed by atoms with Gasteiger partial charge in [0.05, 0.1) is 17.8 Å². The lowest BCUT2D eigenvalue weighted by molar-refractivity contribution is -0.139. The first-order valence-electron chi connectivity index (χ1n) is 12.9. The lowest BCUT2D eigenvalue weighted by atomic mass is 9.83. The van der Waals surface area contributed by atoms with Crippen molar-refractivity contribution in [3.8, 4) is 0 Å². The Morgan fingerprint density at radius 1 is 1.00 bits per heavy atom. The second-order valence-electron chi connectivity index (χ2n) is 9.89. The van der Waals surface area contributed by atoms with Crippen LogP contribution in [0.25, 0.3) is 0 Å². The minimum Gasteiger partial charge on any atom is -0.343 e. The maximum Gasteiger partial charge on any atom is 0.246 e. The number of aromatic nitrogens is 1. The van der Waals surface area contributed by atoms with Crippen LogP contribution in [0, 0.1) is 11.7 Å². The van der Waals surface area contributed by atoms with Gasteiger partial charge in [-0.25, -0.2) is 4.39 Å². The summed E-state index contributed by atoms with van der Waals surface area (Å²) in [6, 6.07) is 7.61. The minimum absolute atomic E-state index is 0.0712. The zero-order chi connectivity index (χ0) is 25.7. The van der Waals surface area contributed by atoms with Gasteiger partial charge in [0.15, 0.2) is 5.78 Å². The first-order valence-corrected chi connectivity index (χ1v) is 12.9. The Kier molecular flexibility index (Phi) is 8.46. The van der Waals surface area contributed by atoms with Crippen molar-refractivity contribution >= 4 is 17.6 Å². The number of rotatable bonds is 8. The van der Waals surface area contributed by atoms with E-state index in [2.05, 4.69) is 15.6 Å². The molecule has 8 heteroatoms. The number of ketones is 1. The van der Waals surface area contributed by atoms with Crippen molar-refractivity contribution in [1.29, 1.82) is 0 Å². The highest BCUT2D eigenvalue weighted by Crippen LogP contribution is 2.34. The number of likely N-dealkylation sites (tertiary alicyclic amines) is 1. The molecule has 1 aromatic heterocycles. The molecule has 4 rings (SSSR count). The van der Waals surface area contributed by atoms with Crippen molar-refractivity contribution in [3.63, 3.8) is 0 Å². The van der Waals surface area contributed by atoms with Crippen molar-refractivity contribution < 1.29 is 18.8 Å². The molecule has 2 N–H and O–H groups in total. The van der Waals surface area contributed by atoms with Crippen LogP contribution in [-0.4, -0.2) is 53.2 Å². The zero-order valence-corrected chi connectivity index (χ0v) is 21.0. The van der Waals surface area contributed by atoms with Crippen molar-refractivity contribution in [2.45, 2.75) is 70.0 Å². The molecule has 1 aliphatic heterocycles. The number of nitrogens with zero attached hydrogens (tertiary/aromatic N) is 2. The van der Waals surface area contributed by atoms with E-state index in [0.29, 0.717) is 23.4 Å². The fourth-order valence-corrected chi connectivity index (χ4v) is 5.31. The Morgan fingerprint density at radius 3 is 2.42 bits per heavy atom. The second-order valence-corrected chi connectivity index (χ2v) is 9.89. The van der Waals surface area contributed by atoms with Crippen LogP contribution in [0.2, 0.25) is 0 Å². The maximum absolute atomic E-state index is 13.9. The Bertz CT molecular complexity index is 1080. The maximum atomic E-state index is 13.9. The molecule has 1 aromatic carbocycles. The van der Waals surface area contributed by atoms with E-state index >= 15 is 0 Å². The van der Waals surface area contributed by atoms with Gasteiger partial charge in [0, 0.05) is 23.9 Å². The third-order valence-electron chi connectivity index (χ3n) is 7.54. The van der Waals surface area contributed by atoms with Gasteiger partial charge in [0.1, 0.15) is 11.9 Å². The van der Waals surface area contributed by atoms with Gasteiger partial charge < -0.3 is 15.5 Å². The van der Waals surface area contributed by atoms with Gasteiger partial charge in [-0.05, 0) is 82.0 Å². The van der Waals surface area contributed by atoms with E-state index in [1.165, 1.54) is 24.3 Å². The molecule has 36 heavy (non-hydrogen) atoms. The number of carbonyl (C=O) groups excluding carboxylic acids is 3. The molecule has 0 bridgehead atoms. The van der Waals surface area contributed by atoms with Gasteiger partial charge in [-0.1, -0.05) is 19.3 Å². The molecule has 2 unspecified atom stereocenters. The first-order chi connectivity index (χ1) is 17.4. The topological polar surface area (TPSA) is 91.4 Å². The number of hydrogen-bond donors (Lipinski definition) is 2. The average Bonchev–Trinajstić information content (AvgIpc) is 3.41. The van der Waals surface area contributed by atoms with Crippen LogP contribution in [0.4, 0.5) is 4.39 Å². The van der Waals surface area contributed by atoms with E-state index in [-0.39, 0.29) is 29.6 Å². The minimum atomic E-state index is -0.571. The molecular weight excluding hydrogens is 459 g/mol. The molecule has 192 valence electrons. The average molecular weight is 495 g/mol. The summed E-state index contributed by atoms with van der Waals surface area (Å²) in [6.07, 6.45) is 8.27. The third kappa shape index (κ3) is 5.81. The second kappa shape index (κ2) is 11.7. The monoisotopic (exact) mass is 494 g/mol. The highest BCUT2D eigenvalue weighted by Gasteiger charge is 2.39. The highest BCUT2D eigenvalue weighted by atomic mass is 19.1. The van der Waals surface area contributed by atoms with Gasteiger partial charge in [-0.2, -0.15) is 0 Å². The van der Waals surface area contributed by atoms with Crippen LogP contribution in [-0.2, 0) is 9.59 Å².